The Bertz CT molecular complexity index is 721. The summed E-state index contributed by atoms with van der Waals surface area (Å²) in [6, 6.07) is 4.63. The van der Waals surface area contributed by atoms with Crippen LogP contribution in [0.3, 0.4) is 0 Å². The van der Waals surface area contributed by atoms with Crippen LogP contribution < -0.4 is 0 Å². The lowest BCUT2D eigenvalue weighted by Gasteiger charge is -2.12. The van der Waals surface area contributed by atoms with Gasteiger partial charge in [0.1, 0.15) is 5.69 Å². The van der Waals surface area contributed by atoms with E-state index in [1.165, 1.54) is 10.7 Å². The zero-order valence-electron chi connectivity index (χ0n) is 11.8. The van der Waals surface area contributed by atoms with Gasteiger partial charge in [0.2, 0.25) is 0 Å². The SMILES string of the molecule is Cc1cccc([N+](=O)[O-])c1-n1nnc(C(=O)O)c1C(C)C. The maximum absolute atomic E-state index is 11.2. The Morgan fingerprint density at radius 1 is 1.43 bits per heavy atom. The molecule has 0 aliphatic heterocycles. The predicted octanol–water partition coefficient (Wildman–Crippen LogP) is 2.31. The van der Waals surface area contributed by atoms with E-state index in [-0.39, 0.29) is 23.0 Å². The molecule has 1 aromatic heterocycles. The standard InChI is InChI=1S/C13H14N4O4/c1-7(2)11-10(13(18)19)14-15-16(11)12-8(3)5-4-6-9(12)17(20)21/h4-7H,1-3H3,(H,18,19). The third-order valence-electron chi connectivity index (χ3n) is 3.08. The summed E-state index contributed by atoms with van der Waals surface area (Å²) in [4.78, 5) is 21.9. The Kier molecular flexibility index (Phi) is 3.70. The van der Waals surface area contributed by atoms with Crippen molar-refractivity contribution in [3.63, 3.8) is 0 Å². The first kappa shape index (κ1) is 14.6. The highest BCUT2D eigenvalue weighted by Crippen LogP contribution is 2.29. The maximum Gasteiger partial charge on any atom is 0.358 e. The van der Waals surface area contributed by atoms with E-state index in [1.807, 2.05) is 0 Å². The molecule has 1 aromatic carbocycles. The topological polar surface area (TPSA) is 111 Å². The molecule has 1 heterocycles. The summed E-state index contributed by atoms with van der Waals surface area (Å²) in [7, 11) is 0. The van der Waals surface area contributed by atoms with Crippen molar-refractivity contribution in [1.82, 2.24) is 15.0 Å². The van der Waals surface area contributed by atoms with E-state index in [0.717, 1.165) is 0 Å². The Balaban J connectivity index is 2.80. The van der Waals surface area contributed by atoms with Crippen molar-refractivity contribution in [3.8, 4) is 5.69 Å². The second kappa shape index (κ2) is 5.31. The van der Waals surface area contributed by atoms with Gasteiger partial charge in [0, 0.05) is 6.07 Å². The molecule has 0 atom stereocenters. The smallest absolute Gasteiger partial charge is 0.358 e. The fraction of sp³-hybridized carbons (Fsp3) is 0.308. The number of nitrogens with zero attached hydrogens (tertiary/aromatic N) is 4. The Morgan fingerprint density at radius 2 is 2.10 bits per heavy atom. The zero-order chi connectivity index (χ0) is 15.7. The van der Waals surface area contributed by atoms with E-state index in [9.17, 15) is 20.0 Å². The predicted molar refractivity (Wildman–Crippen MR) is 73.8 cm³/mol. The molecule has 0 saturated heterocycles. The number of rotatable bonds is 4. The number of nitro groups is 1. The molecule has 8 nitrogen and oxygen atoms in total. The third-order valence-corrected chi connectivity index (χ3v) is 3.08. The lowest BCUT2D eigenvalue weighted by Crippen LogP contribution is -2.11. The highest BCUT2D eigenvalue weighted by Gasteiger charge is 2.27. The number of aryl methyl sites for hydroxylation is 1. The highest BCUT2D eigenvalue weighted by molar-refractivity contribution is 5.87. The van der Waals surface area contributed by atoms with Crippen LogP contribution in [-0.4, -0.2) is 31.0 Å². The first-order valence-electron chi connectivity index (χ1n) is 6.27. The van der Waals surface area contributed by atoms with Gasteiger partial charge in [-0.2, -0.15) is 0 Å². The van der Waals surface area contributed by atoms with Gasteiger partial charge in [0.25, 0.3) is 5.69 Å². The number of carbonyl (C=O) groups is 1. The van der Waals surface area contributed by atoms with Crippen molar-refractivity contribution in [2.75, 3.05) is 0 Å². The van der Waals surface area contributed by atoms with Crippen molar-refractivity contribution < 1.29 is 14.8 Å². The van der Waals surface area contributed by atoms with Crippen molar-refractivity contribution >= 4 is 11.7 Å². The molecule has 0 radical (unpaired) electrons. The summed E-state index contributed by atoms with van der Waals surface area (Å²) in [6.07, 6.45) is 0. The first-order chi connectivity index (χ1) is 9.84. The molecule has 0 aliphatic carbocycles. The van der Waals surface area contributed by atoms with Crippen molar-refractivity contribution in [1.29, 1.82) is 0 Å². The molecule has 110 valence electrons. The van der Waals surface area contributed by atoms with Crippen molar-refractivity contribution in [2.24, 2.45) is 0 Å². The van der Waals surface area contributed by atoms with Crippen LogP contribution in [0.5, 0.6) is 0 Å². The fourth-order valence-electron chi connectivity index (χ4n) is 2.19. The Labute approximate surface area is 120 Å². The fourth-order valence-corrected chi connectivity index (χ4v) is 2.19. The van der Waals surface area contributed by atoms with Gasteiger partial charge in [0.15, 0.2) is 5.69 Å². The van der Waals surface area contributed by atoms with Crippen LogP contribution in [0.15, 0.2) is 18.2 Å². The summed E-state index contributed by atoms with van der Waals surface area (Å²) in [5.41, 5.74) is 0.861. The van der Waals surface area contributed by atoms with E-state index in [2.05, 4.69) is 10.3 Å². The minimum absolute atomic E-state index is 0.140. The normalized spacial score (nSPS) is 10.9. The van der Waals surface area contributed by atoms with E-state index >= 15 is 0 Å². The number of hydrogen-bond acceptors (Lipinski definition) is 5. The molecule has 0 bridgehead atoms. The molecule has 2 aromatic rings. The second-order valence-corrected chi connectivity index (χ2v) is 4.89. The van der Waals surface area contributed by atoms with Crippen LogP contribution in [0.2, 0.25) is 0 Å². The minimum atomic E-state index is -1.21. The van der Waals surface area contributed by atoms with E-state index in [1.54, 1.807) is 32.9 Å². The van der Waals surface area contributed by atoms with Crippen molar-refractivity contribution in [3.05, 3.63) is 45.3 Å². The Hall–Kier alpha value is -2.77. The van der Waals surface area contributed by atoms with Crippen LogP contribution in [0.25, 0.3) is 5.69 Å². The van der Waals surface area contributed by atoms with Gasteiger partial charge in [-0.05, 0) is 18.4 Å². The maximum atomic E-state index is 11.2. The summed E-state index contributed by atoms with van der Waals surface area (Å²) in [5.74, 6) is -1.41. The van der Waals surface area contributed by atoms with E-state index in [4.69, 9.17) is 0 Å². The van der Waals surface area contributed by atoms with Gasteiger partial charge in [0.05, 0.1) is 10.6 Å². The molecule has 0 unspecified atom stereocenters. The van der Waals surface area contributed by atoms with Gasteiger partial charge < -0.3 is 5.11 Å². The number of para-hydroxylation sites is 1. The number of carboxylic acids is 1. The lowest BCUT2D eigenvalue weighted by molar-refractivity contribution is -0.384. The number of carboxylic acid groups (broad SMARTS) is 1. The molecule has 21 heavy (non-hydrogen) atoms. The van der Waals surface area contributed by atoms with E-state index in [0.29, 0.717) is 11.3 Å². The van der Waals surface area contributed by atoms with Gasteiger partial charge in [-0.1, -0.05) is 31.2 Å². The monoisotopic (exact) mass is 290 g/mol. The quantitative estimate of drug-likeness (QED) is 0.683. The zero-order valence-corrected chi connectivity index (χ0v) is 11.8. The molecule has 0 spiro atoms. The second-order valence-electron chi connectivity index (χ2n) is 4.89. The molecule has 0 saturated carbocycles. The number of aromatic carboxylic acids is 1. The molecule has 0 aliphatic rings. The summed E-state index contributed by atoms with van der Waals surface area (Å²) in [6.45, 7) is 5.27. The van der Waals surface area contributed by atoms with Crippen LogP contribution in [0.4, 0.5) is 5.69 Å². The number of benzene rings is 1. The Morgan fingerprint density at radius 3 is 2.62 bits per heavy atom. The average Bonchev–Trinajstić information content (AvgIpc) is 2.82. The average molecular weight is 290 g/mol. The highest BCUT2D eigenvalue weighted by atomic mass is 16.6. The van der Waals surface area contributed by atoms with Gasteiger partial charge in [-0.3, -0.25) is 10.1 Å². The molecule has 2 rings (SSSR count). The van der Waals surface area contributed by atoms with Crippen molar-refractivity contribution in [2.45, 2.75) is 26.7 Å². The lowest BCUT2D eigenvalue weighted by atomic mass is 10.1. The van der Waals surface area contributed by atoms with Crippen LogP contribution in [0, 0.1) is 17.0 Å². The van der Waals surface area contributed by atoms with Crippen LogP contribution in [0.1, 0.15) is 41.5 Å². The summed E-state index contributed by atoms with van der Waals surface area (Å²) in [5, 5.41) is 27.8. The first-order valence-corrected chi connectivity index (χ1v) is 6.27. The number of hydrogen-bond donors (Lipinski definition) is 1. The van der Waals surface area contributed by atoms with Crippen LogP contribution in [-0.2, 0) is 0 Å². The van der Waals surface area contributed by atoms with Gasteiger partial charge in [-0.25, -0.2) is 9.48 Å². The number of aromatic nitrogens is 3. The summed E-state index contributed by atoms with van der Waals surface area (Å²) < 4.78 is 1.25. The molecule has 0 fully saturated rings. The molecule has 0 amide bonds. The summed E-state index contributed by atoms with van der Waals surface area (Å²) >= 11 is 0. The molecular formula is C13H14N4O4. The third kappa shape index (κ3) is 2.47. The molecular weight excluding hydrogens is 276 g/mol. The van der Waals surface area contributed by atoms with Crippen LogP contribution >= 0.6 is 0 Å². The van der Waals surface area contributed by atoms with Gasteiger partial charge >= 0.3 is 5.97 Å². The largest absolute Gasteiger partial charge is 0.476 e. The molecule has 8 heteroatoms. The minimum Gasteiger partial charge on any atom is -0.476 e. The molecule has 1 N–H and O–H groups in total. The number of nitro benzene ring substituents is 1. The van der Waals surface area contributed by atoms with Gasteiger partial charge in [-0.15, -0.1) is 5.10 Å². The van der Waals surface area contributed by atoms with E-state index < -0.39 is 10.9 Å².